The van der Waals surface area contributed by atoms with Gasteiger partial charge < -0.3 is 25.1 Å². The number of phenolic OH excluding ortho intramolecular Hbond substituents is 2. The van der Waals surface area contributed by atoms with Gasteiger partial charge in [0.1, 0.15) is 0 Å². The van der Waals surface area contributed by atoms with E-state index in [1.807, 2.05) is 0 Å². The zero-order valence-corrected chi connectivity index (χ0v) is 10.1. The van der Waals surface area contributed by atoms with Crippen LogP contribution in [0.2, 0.25) is 0 Å². The Morgan fingerprint density at radius 1 is 1.22 bits per heavy atom. The van der Waals surface area contributed by atoms with Crippen LogP contribution >= 0.6 is 7.60 Å². The van der Waals surface area contributed by atoms with Gasteiger partial charge in [-0.05, 0) is 24.1 Å². The highest BCUT2D eigenvalue weighted by molar-refractivity contribution is 7.51. The maximum Gasteiger partial charge on any atom is 0.326 e. The molecule has 1 unspecified atom stereocenters. The van der Waals surface area contributed by atoms with Gasteiger partial charge in [-0.3, -0.25) is 9.36 Å². The van der Waals surface area contributed by atoms with Crippen molar-refractivity contribution in [2.45, 2.75) is 6.42 Å². The molecular formula is C10H13O7P. The molecule has 1 rings (SSSR count). The van der Waals surface area contributed by atoms with Gasteiger partial charge in [0.15, 0.2) is 11.5 Å². The minimum absolute atomic E-state index is 0.145. The summed E-state index contributed by atoms with van der Waals surface area (Å²) in [5.74, 6) is -3.34. The van der Waals surface area contributed by atoms with Gasteiger partial charge in [-0.1, -0.05) is 6.07 Å². The summed E-state index contributed by atoms with van der Waals surface area (Å²) in [4.78, 5) is 28.4. The summed E-state index contributed by atoms with van der Waals surface area (Å²) in [5, 5.41) is 27.2. The Kier molecular flexibility index (Phi) is 4.34. The average Bonchev–Trinajstić information content (AvgIpc) is 2.20. The molecule has 0 radical (unpaired) electrons. The molecule has 18 heavy (non-hydrogen) atoms. The third-order valence-corrected chi connectivity index (χ3v) is 3.25. The highest BCUT2D eigenvalue weighted by Crippen LogP contribution is 2.38. The first-order chi connectivity index (χ1) is 8.19. The monoisotopic (exact) mass is 276 g/mol. The largest absolute Gasteiger partial charge is 0.504 e. The Morgan fingerprint density at radius 3 is 2.28 bits per heavy atom. The van der Waals surface area contributed by atoms with Crippen molar-refractivity contribution in [2.24, 2.45) is 5.92 Å². The fourth-order valence-corrected chi connectivity index (χ4v) is 2.36. The molecule has 1 aromatic rings. The molecule has 0 saturated carbocycles. The van der Waals surface area contributed by atoms with E-state index in [0.717, 1.165) is 6.07 Å². The number of carbonyl (C=O) groups is 1. The summed E-state index contributed by atoms with van der Waals surface area (Å²) >= 11 is 0. The van der Waals surface area contributed by atoms with Gasteiger partial charge in [0.05, 0.1) is 12.1 Å². The molecule has 8 heteroatoms. The van der Waals surface area contributed by atoms with E-state index >= 15 is 0 Å². The molecule has 5 N–H and O–H groups in total. The molecule has 0 fully saturated rings. The molecule has 0 aromatic heterocycles. The Balaban J connectivity index is 2.87. The van der Waals surface area contributed by atoms with Gasteiger partial charge in [0, 0.05) is 0 Å². The van der Waals surface area contributed by atoms with Crippen molar-refractivity contribution in [1.82, 2.24) is 0 Å². The van der Waals surface area contributed by atoms with Crippen LogP contribution in [0.5, 0.6) is 11.5 Å². The fraction of sp³-hybridized carbons (Fsp3) is 0.300. The normalized spacial score (nSPS) is 13.2. The van der Waals surface area contributed by atoms with Gasteiger partial charge in [-0.25, -0.2) is 0 Å². The van der Waals surface area contributed by atoms with E-state index in [-0.39, 0.29) is 12.2 Å². The van der Waals surface area contributed by atoms with Crippen molar-refractivity contribution in [2.75, 3.05) is 6.16 Å². The zero-order valence-electron chi connectivity index (χ0n) is 9.22. The number of carboxylic acids is 1. The number of benzene rings is 1. The highest BCUT2D eigenvalue weighted by Gasteiger charge is 2.27. The second-order valence-corrected chi connectivity index (χ2v) is 5.60. The van der Waals surface area contributed by atoms with Crippen LogP contribution in [0.3, 0.4) is 0 Å². The van der Waals surface area contributed by atoms with E-state index in [2.05, 4.69) is 0 Å². The van der Waals surface area contributed by atoms with Crippen LogP contribution in [0.4, 0.5) is 0 Å². The molecule has 100 valence electrons. The molecule has 0 aliphatic carbocycles. The third kappa shape index (κ3) is 4.37. The average molecular weight is 276 g/mol. The van der Waals surface area contributed by atoms with E-state index in [1.165, 1.54) is 12.1 Å². The number of aliphatic carboxylic acids is 1. The zero-order chi connectivity index (χ0) is 13.9. The van der Waals surface area contributed by atoms with Crippen LogP contribution in [-0.2, 0) is 15.8 Å². The van der Waals surface area contributed by atoms with Crippen molar-refractivity contribution in [1.29, 1.82) is 0 Å². The molecule has 0 saturated heterocycles. The number of hydrogen-bond donors (Lipinski definition) is 5. The van der Waals surface area contributed by atoms with Crippen LogP contribution < -0.4 is 0 Å². The molecule has 0 spiro atoms. The lowest BCUT2D eigenvalue weighted by Gasteiger charge is -2.13. The first-order valence-corrected chi connectivity index (χ1v) is 6.77. The quantitative estimate of drug-likeness (QED) is 0.390. The lowest BCUT2D eigenvalue weighted by molar-refractivity contribution is -0.141. The van der Waals surface area contributed by atoms with Crippen molar-refractivity contribution < 1.29 is 34.5 Å². The summed E-state index contributed by atoms with van der Waals surface area (Å²) < 4.78 is 10.8. The van der Waals surface area contributed by atoms with Gasteiger partial charge >= 0.3 is 13.6 Å². The van der Waals surface area contributed by atoms with E-state index in [0.29, 0.717) is 5.56 Å². The summed E-state index contributed by atoms with van der Waals surface area (Å²) in [6.45, 7) is 0. The number of carboxylic acid groups (broad SMARTS) is 1. The molecule has 1 aromatic carbocycles. The maximum absolute atomic E-state index is 10.9. The van der Waals surface area contributed by atoms with Crippen LogP contribution in [0.1, 0.15) is 5.56 Å². The lowest BCUT2D eigenvalue weighted by Crippen LogP contribution is -2.20. The smallest absolute Gasteiger partial charge is 0.326 e. The summed E-state index contributed by atoms with van der Waals surface area (Å²) in [6, 6.07) is 3.72. The summed E-state index contributed by atoms with van der Waals surface area (Å²) in [5.41, 5.74) is 0.367. The predicted octanol–water partition coefficient (Wildman–Crippen LogP) is 0.519. The highest BCUT2D eigenvalue weighted by atomic mass is 31.2. The Bertz CT molecular complexity index is 493. The molecule has 0 bridgehead atoms. The van der Waals surface area contributed by atoms with E-state index in [4.69, 9.17) is 20.0 Å². The second-order valence-electron chi connectivity index (χ2n) is 3.91. The Hall–Kier alpha value is -1.56. The van der Waals surface area contributed by atoms with E-state index < -0.39 is 31.4 Å². The van der Waals surface area contributed by atoms with Gasteiger partial charge in [-0.2, -0.15) is 0 Å². The number of rotatable bonds is 5. The van der Waals surface area contributed by atoms with E-state index in [1.54, 1.807) is 0 Å². The van der Waals surface area contributed by atoms with Crippen LogP contribution in [0.25, 0.3) is 0 Å². The SMILES string of the molecule is O=C(O)C(Cc1ccc(O)c(O)c1)CP(=O)(O)O. The Labute approximate surface area is 102 Å². The Morgan fingerprint density at radius 2 is 1.83 bits per heavy atom. The lowest BCUT2D eigenvalue weighted by atomic mass is 10.0. The van der Waals surface area contributed by atoms with Gasteiger partial charge in [0.25, 0.3) is 0 Å². The standard InChI is InChI=1S/C10H13O7P/c11-8-2-1-6(4-9(8)12)3-7(10(13)14)5-18(15,16)17/h1-2,4,7,11-12H,3,5H2,(H,13,14)(H2,15,16,17). The fourth-order valence-electron chi connectivity index (χ4n) is 1.50. The van der Waals surface area contributed by atoms with Crippen LogP contribution in [0, 0.1) is 5.92 Å². The first-order valence-electron chi connectivity index (χ1n) is 4.97. The molecular weight excluding hydrogens is 263 g/mol. The van der Waals surface area contributed by atoms with Gasteiger partial charge in [-0.15, -0.1) is 0 Å². The molecule has 7 nitrogen and oxygen atoms in total. The topological polar surface area (TPSA) is 135 Å². The third-order valence-electron chi connectivity index (χ3n) is 2.33. The summed E-state index contributed by atoms with van der Waals surface area (Å²) in [7, 11) is -4.43. The predicted molar refractivity (Wildman–Crippen MR) is 61.5 cm³/mol. The van der Waals surface area contributed by atoms with Crippen LogP contribution in [0.15, 0.2) is 18.2 Å². The molecule has 0 aliphatic heterocycles. The molecule has 0 heterocycles. The number of aromatic hydroxyl groups is 2. The molecule has 0 aliphatic rings. The first kappa shape index (κ1) is 14.5. The maximum atomic E-state index is 10.9. The minimum atomic E-state index is -4.43. The number of phenols is 2. The summed E-state index contributed by atoms with van der Waals surface area (Å²) in [6.07, 6.45) is -0.918. The second kappa shape index (κ2) is 5.39. The van der Waals surface area contributed by atoms with Crippen molar-refractivity contribution in [3.05, 3.63) is 23.8 Å². The van der Waals surface area contributed by atoms with E-state index in [9.17, 15) is 14.5 Å². The number of hydrogen-bond acceptors (Lipinski definition) is 4. The van der Waals surface area contributed by atoms with Crippen molar-refractivity contribution in [3.63, 3.8) is 0 Å². The van der Waals surface area contributed by atoms with Crippen molar-refractivity contribution in [3.8, 4) is 11.5 Å². The van der Waals surface area contributed by atoms with Crippen LogP contribution in [-0.4, -0.2) is 37.2 Å². The minimum Gasteiger partial charge on any atom is -0.504 e. The van der Waals surface area contributed by atoms with Crippen molar-refractivity contribution >= 4 is 13.6 Å². The molecule has 0 amide bonds. The van der Waals surface area contributed by atoms with Gasteiger partial charge in [0.2, 0.25) is 0 Å². The molecule has 1 atom stereocenters.